The molecule has 1 aliphatic heterocycles. The van der Waals surface area contributed by atoms with Gasteiger partial charge in [0.2, 0.25) is 10.0 Å². The minimum absolute atomic E-state index is 0.0185. The van der Waals surface area contributed by atoms with Crippen LogP contribution in [0.5, 0.6) is 0 Å². The van der Waals surface area contributed by atoms with E-state index in [9.17, 15) is 8.42 Å². The van der Waals surface area contributed by atoms with Crippen molar-refractivity contribution in [1.29, 1.82) is 5.26 Å². The van der Waals surface area contributed by atoms with E-state index in [1.165, 1.54) is 18.2 Å². The molecule has 1 aromatic rings. The molecule has 1 unspecified atom stereocenters. The molecule has 2 rings (SSSR count). The number of nitriles is 1. The summed E-state index contributed by atoms with van der Waals surface area (Å²) in [7, 11) is -3.63. The summed E-state index contributed by atoms with van der Waals surface area (Å²) in [6.07, 6.45) is 3.07. The molecule has 1 atom stereocenters. The summed E-state index contributed by atoms with van der Waals surface area (Å²) in [5, 5.41) is 12.1. The summed E-state index contributed by atoms with van der Waals surface area (Å²) in [6, 6.07) is 6.10. The van der Waals surface area contributed by atoms with Crippen LogP contribution in [0.2, 0.25) is 5.02 Å². The Hall–Kier alpha value is -1.13. The third-order valence-corrected chi connectivity index (χ3v) is 5.54. The zero-order valence-corrected chi connectivity index (χ0v) is 13.2. The van der Waals surface area contributed by atoms with E-state index in [4.69, 9.17) is 16.9 Å². The lowest BCUT2D eigenvalue weighted by Crippen LogP contribution is -2.33. The number of piperidine rings is 1. The van der Waals surface area contributed by atoms with Gasteiger partial charge >= 0.3 is 0 Å². The van der Waals surface area contributed by atoms with Crippen molar-refractivity contribution in [3.63, 3.8) is 0 Å². The maximum absolute atomic E-state index is 12.2. The van der Waals surface area contributed by atoms with Crippen LogP contribution in [0.3, 0.4) is 0 Å². The lowest BCUT2D eigenvalue weighted by Gasteiger charge is -2.22. The number of hydrogen-bond acceptors (Lipinski definition) is 4. The van der Waals surface area contributed by atoms with Crippen molar-refractivity contribution in [2.75, 3.05) is 19.6 Å². The zero-order valence-electron chi connectivity index (χ0n) is 11.6. The first-order chi connectivity index (χ1) is 10.0. The number of rotatable bonds is 5. The highest BCUT2D eigenvalue weighted by Gasteiger charge is 2.19. The SMILES string of the molecule is N#Cc1ccc(S(=O)(=O)NCCC2CCCNC2)c(Cl)c1. The molecule has 21 heavy (non-hydrogen) atoms. The third-order valence-electron chi connectivity index (χ3n) is 3.59. The molecule has 1 aliphatic rings. The Morgan fingerprint density at radius 3 is 2.90 bits per heavy atom. The van der Waals surface area contributed by atoms with Crippen molar-refractivity contribution in [3.05, 3.63) is 28.8 Å². The van der Waals surface area contributed by atoms with Gasteiger partial charge in [0.05, 0.1) is 16.7 Å². The Bertz CT molecular complexity index is 634. The number of hydrogen-bond donors (Lipinski definition) is 2. The van der Waals surface area contributed by atoms with Gasteiger partial charge in [-0.3, -0.25) is 0 Å². The lowest BCUT2D eigenvalue weighted by atomic mass is 9.96. The molecule has 114 valence electrons. The van der Waals surface area contributed by atoms with Gasteiger partial charge < -0.3 is 5.32 Å². The van der Waals surface area contributed by atoms with Gasteiger partial charge in [0.1, 0.15) is 4.90 Å². The largest absolute Gasteiger partial charge is 0.316 e. The molecule has 2 N–H and O–H groups in total. The highest BCUT2D eigenvalue weighted by molar-refractivity contribution is 7.89. The quantitative estimate of drug-likeness (QED) is 0.865. The fourth-order valence-corrected chi connectivity index (χ4v) is 4.02. The summed E-state index contributed by atoms with van der Waals surface area (Å²) in [6.45, 7) is 2.38. The van der Waals surface area contributed by atoms with E-state index in [0.717, 1.165) is 32.4 Å². The van der Waals surface area contributed by atoms with Crippen LogP contribution in [0, 0.1) is 17.2 Å². The Labute approximate surface area is 130 Å². The first kappa shape index (κ1) is 16.2. The monoisotopic (exact) mass is 327 g/mol. The van der Waals surface area contributed by atoms with E-state index in [-0.39, 0.29) is 9.92 Å². The maximum atomic E-state index is 12.2. The standard InChI is InChI=1S/C14H18ClN3O2S/c15-13-8-12(9-16)3-4-14(13)21(19,20)18-7-5-11-2-1-6-17-10-11/h3-4,8,11,17-18H,1-2,5-7,10H2. The summed E-state index contributed by atoms with van der Waals surface area (Å²) < 4.78 is 27.0. The maximum Gasteiger partial charge on any atom is 0.242 e. The molecule has 1 saturated heterocycles. The van der Waals surface area contributed by atoms with Gasteiger partial charge in [0.15, 0.2) is 0 Å². The molecule has 5 nitrogen and oxygen atoms in total. The minimum atomic E-state index is -3.63. The first-order valence-electron chi connectivity index (χ1n) is 6.93. The van der Waals surface area contributed by atoms with Gasteiger partial charge in [0.25, 0.3) is 0 Å². The van der Waals surface area contributed by atoms with Crippen LogP contribution in [0.4, 0.5) is 0 Å². The van der Waals surface area contributed by atoms with Gasteiger partial charge in [-0.15, -0.1) is 0 Å². The highest BCUT2D eigenvalue weighted by Crippen LogP contribution is 2.22. The molecule has 1 fully saturated rings. The van der Waals surface area contributed by atoms with E-state index >= 15 is 0 Å². The zero-order chi connectivity index (χ0) is 15.3. The van der Waals surface area contributed by atoms with Gasteiger partial charge in [-0.1, -0.05) is 11.6 Å². The molecule has 0 radical (unpaired) electrons. The van der Waals surface area contributed by atoms with Crippen molar-refractivity contribution in [3.8, 4) is 6.07 Å². The molecular weight excluding hydrogens is 310 g/mol. The molecule has 0 aromatic heterocycles. The summed E-state index contributed by atoms with van der Waals surface area (Å²) in [4.78, 5) is 0.0185. The fourth-order valence-electron chi connectivity index (χ4n) is 2.43. The van der Waals surface area contributed by atoms with E-state index in [0.29, 0.717) is 18.0 Å². The van der Waals surface area contributed by atoms with Crippen LogP contribution in [0.25, 0.3) is 0 Å². The molecule has 1 aromatic carbocycles. The second kappa shape index (κ2) is 7.23. The summed E-state index contributed by atoms with van der Waals surface area (Å²) in [5.41, 5.74) is 0.340. The van der Waals surface area contributed by atoms with Crippen LogP contribution < -0.4 is 10.0 Å². The Kier molecular flexibility index (Phi) is 5.59. The number of nitrogens with one attached hydrogen (secondary N) is 2. The van der Waals surface area contributed by atoms with Gasteiger partial charge in [-0.25, -0.2) is 13.1 Å². The summed E-state index contributed by atoms with van der Waals surface area (Å²) in [5.74, 6) is 0.512. The number of benzene rings is 1. The Balaban J connectivity index is 1.96. The smallest absolute Gasteiger partial charge is 0.242 e. The van der Waals surface area contributed by atoms with Crippen molar-refractivity contribution in [2.45, 2.75) is 24.2 Å². The van der Waals surface area contributed by atoms with Crippen molar-refractivity contribution in [2.24, 2.45) is 5.92 Å². The lowest BCUT2D eigenvalue weighted by molar-refractivity contribution is 0.358. The fraction of sp³-hybridized carbons (Fsp3) is 0.500. The minimum Gasteiger partial charge on any atom is -0.316 e. The number of sulfonamides is 1. The van der Waals surface area contributed by atoms with Gasteiger partial charge in [0, 0.05) is 6.54 Å². The molecule has 0 saturated carbocycles. The van der Waals surface area contributed by atoms with E-state index in [1.54, 1.807) is 0 Å². The van der Waals surface area contributed by atoms with Crippen LogP contribution in [-0.4, -0.2) is 28.1 Å². The molecular formula is C14H18ClN3O2S. The number of nitrogens with zero attached hydrogens (tertiary/aromatic N) is 1. The predicted octanol–water partition coefficient (Wildman–Crippen LogP) is 1.88. The average molecular weight is 328 g/mol. The topological polar surface area (TPSA) is 82.0 Å². The molecule has 0 aliphatic carbocycles. The van der Waals surface area contributed by atoms with Crippen molar-refractivity contribution >= 4 is 21.6 Å². The van der Waals surface area contributed by atoms with Crippen molar-refractivity contribution < 1.29 is 8.42 Å². The van der Waals surface area contributed by atoms with Crippen LogP contribution >= 0.6 is 11.6 Å². The normalized spacial score (nSPS) is 19.1. The van der Waals surface area contributed by atoms with Gasteiger partial charge in [-0.2, -0.15) is 5.26 Å². The first-order valence-corrected chi connectivity index (χ1v) is 8.79. The summed E-state index contributed by atoms with van der Waals surface area (Å²) >= 11 is 5.94. The number of halogens is 1. The average Bonchev–Trinajstić information content (AvgIpc) is 2.47. The Morgan fingerprint density at radius 1 is 1.48 bits per heavy atom. The van der Waals surface area contributed by atoms with E-state index < -0.39 is 10.0 Å². The van der Waals surface area contributed by atoms with Crippen LogP contribution in [-0.2, 0) is 10.0 Å². The molecule has 0 amide bonds. The molecule has 0 bridgehead atoms. The van der Waals surface area contributed by atoms with Crippen LogP contribution in [0.15, 0.2) is 23.1 Å². The molecule has 1 heterocycles. The highest BCUT2D eigenvalue weighted by atomic mass is 35.5. The van der Waals surface area contributed by atoms with Crippen molar-refractivity contribution in [1.82, 2.24) is 10.0 Å². The molecule has 0 spiro atoms. The third kappa shape index (κ3) is 4.42. The second-order valence-electron chi connectivity index (χ2n) is 5.16. The second-order valence-corrected chi connectivity index (χ2v) is 7.30. The van der Waals surface area contributed by atoms with Crippen LogP contribution in [0.1, 0.15) is 24.8 Å². The Morgan fingerprint density at radius 2 is 2.29 bits per heavy atom. The van der Waals surface area contributed by atoms with E-state index in [1.807, 2.05) is 6.07 Å². The van der Waals surface area contributed by atoms with E-state index in [2.05, 4.69) is 10.0 Å². The predicted molar refractivity (Wildman–Crippen MR) is 81.6 cm³/mol. The molecule has 7 heteroatoms. The van der Waals surface area contributed by atoms with Gasteiger partial charge in [-0.05, 0) is 56.5 Å².